The number of methoxy groups -OCH3 is 1. The molecule has 1 saturated heterocycles. The summed E-state index contributed by atoms with van der Waals surface area (Å²) in [7, 11) is -1.99. The van der Waals surface area contributed by atoms with Crippen molar-refractivity contribution >= 4 is 49.8 Å². The van der Waals surface area contributed by atoms with E-state index in [1.54, 1.807) is 35.3 Å². The van der Waals surface area contributed by atoms with E-state index in [1.807, 2.05) is 32.1 Å². The van der Waals surface area contributed by atoms with Crippen molar-refractivity contribution in [2.75, 3.05) is 55.2 Å². The van der Waals surface area contributed by atoms with E-state index in [0.717, 1.165) is 68.1 Å². The van der Waals surface area contributed by atoms with Crippen LogP contribution in [-0.2, 0) is 10.0 Å². The summed E-state index contributed by atoms with van der Waals surface area (Å²) in [6.45, 7) is 13.7. The molecule has 0 aliphatic carbocycles. The van der Waals surface area contributed by atoms with Crippen molar-refractivity contribution in [3.8, 4) is 5.75 Å². The van der Waals surface area contributed by atoms with E-state index in [4.69, 9.17) is 14.7 Å². The summed E-state index contributed by atoms with van der Waals surface area (Å²) in [6.07, 6.45) is 10.6. The van der Waals surface area contributed by atoms with Crippen molar-refractivity contribution < 1.29 is 13.2 Å². The van der Waals surface area contributed by atoms with E-state index in [-0.39, 0.29) is 5.75 Å². The third-order valence-electron chi connectivity index (χ3n) is 8.79. The van der Waals surface area contributed by atoms with Crippen LogP contribution in [0.4, 0.5) is 10.7 Å². The van der Waals surface area contributed by atoms with Crippen molar-refractivity contribution in [3.05, 3.63) is 63.9 Å². The molecule has 0 unspecified atom stereocenters. The Morgan fingerprint density at radius 2 is 1.67 bits per heavy atom. The van der Waals surface area contributed by atoms with E-state index in [2.05, 4.69) is 45.6 Å². The van der Waals surface area contributed by atoms with Crippen molar-refractivity contribution in [2.45, 2.75) is 79.1 Å². The molecule has 0 spiro atoms. The first kappa shape index (κ1) is 35.8. The van der Waals surface area contributed by atoms with Crippen LogP contribution < -0.4 is 14.4 Å². The number of anilines is 2. The van der Waals surface area contributed by atoms with Crippen molar-refractivity contribution in [3.63, 3.8) is 0 Å². The van der Waals surface area contributed by atoms with Crippen molar-refractivity contribution in [1.29, 1.82) is 0 Å². The molecule has 0 radical (unpaired) electrons. The van der Waals surface area contributed by atoms with Gasteiger partial charge in [-0.05, 0) is 75.7 Å². The van der Waals surface area contributed by atoms with E-state index in [9.17, 15) is 8.42 Å². The second kappa shape index (κ2) is 16.8. The minimum atomic E-state index is -3.59. The number of sulfonamides is 1. The van der Waals surface area contributed by atoms with Crippen LogP contribution in [-0.4, -0.2) is 80.4 Å². The van der Waals surface area contributed by atoms with Crippen LogP contribution in [0.2, 0.25) is 0 Å². The number of aromatic nitrogens is 2. The number of aliphatic imine (C=N–C) groups is 2. The molecular weight excluding hydrogens is 643 g/mol. The molecule has 1 aromatic carbocycles. The molecule has 4 heterocycles. The largest absolute Gasteiger partial charge is 0.497 e. The van der Waals surface area contributed by atoms with Gasteiger partial charge in [0, 0.05) is 42.3 Å². The number of nitrogens with one attached hydrogen (secondary N) is 1. The number of rotatable bonds is 16. The summed E-state index contributed by atoms with van der Waals surface area (Å²) < 4.78 is 36.8. The second-order valence-electron chi connectivity index (χ2n) is 12.7. The Hall–Kier alpha value is -3.48. The summed E-state index contributed by atoms with van der Waals surface area (Å²) in [5.74, 6) is 1.10. The lowest BCUT2D eigenvalue weighted by Crippen LogP contribution is -2.46. The number of ether oxygens (including phenoxy) is 1. The molecule has 5 rings (SSSR count). The lowest BCUT2D eigenvalue weighted by Gasteiger charge is -2.35. The van der Waals surface area contributed by atoms with Crippen LogP contribution in [0.3, 0.4) is 0 Å². The van der Waals surface area contributed by atoms with E-state index in [1.165, 1.54) is 30.8 Å². The molecule has 0 amide bonds. The lowest BCUT2D eigenvalue weighted by atomic mass is 10.0. The van der Waals surface area contributed by atoms with Crippen molar-refractivity contribution in [1.82, 2.24) is 14.7 Å². The first-order valence-electron chi connectivity index (χ1n) is 17.4. The third-order valence-corrected chi connectivity index (χ3v) is 11.2. The molecule has 0 saturated carbocycles. The predicted octanol–water partition coefficient (Wildman–Crippen LogP) is 7.34. The number of hydrogen-bond donors (Lipinski definition) is 1. The summed E-state index contributed by atoms with van der Waals surface area (Å²) in [5.41, 5.74) is 4.04. The van der Waals surface area contributed by atoms with Crippen LogP contribution in [0.15, 0.2) is 52.1 Å². The summed E-state index contributed by atoms with van der Waals surface area (Å²) in [6, 6.07) is 11.6. The van der Waals surface area contributed by atoms with Crippen LogP contribution in [0.25, 0.3) is 6.08 Å². The van der Waals surface area contributed by atoms with Crippen LogP contribution in [0, 0.1) is 13.8 Å². The standard InChI is InChI=1S/C36H51N7O3S2/c1-6-8-10-11-12-13-23-48(44,45)40-32-16-14-29(46-5)25-31(32)35-33(37-36(38-35)43-28(4)24-27(3)39-43)26-30-15-17-34(47-30)42-21-19-41(20-22-42)18-9-7-2/h14-17,24-26,40H,6-13,18-23H2,1-5H3. The summed E-state index contributed by atoms with van der Waals surface area (Å²) in [5, 5.41) is 5.87. The van der Waals surface area contributed by atoms with Gasteiger partial charge in [0.2, 0.25) is 10.0 Å². The Morgan fingerprint density at radius 1 is 0.917 bits per heavy atom. The normalized spacial score (nSPS) is 16.4. The highest BCUT2D eigenvalue weighted by molar-refractivity contribution is 7.92. The fourth-order valence-electron chi connectivity index (χ4n) is 6.09. The Bertz CT molecular complexity index is 1730. The Kier molecular flexibility index (Phi) is 12.5. The molecule has 2 aliphatic heterocycles. The highest BCUT2D eigenvalue weighted by Crippen LogP contribution is 2.33. The molecule has 3 aromatic rings. The quantitative estimate of drug-likeness (QED) is 0.158. The molecule has 0 atom stereocenters. The molecule has 10 nitrogen and oxygen atoms in total. The van der Waals surface area contributed by atoms with Crippen molar-refractivity contribution in [2.24, 2.45) is 9.98 Å². The molecule has 260 valence electrons. The predicted molar refractivity (Wildman–Crippen MR) is 201 cm³/mol. The van der Waals surface area contributed by atoms with E-state index >= 15 is 0 Å². The first-order chi connectivity index (χ1) is 23.2. The molecule has 48 heavy (non-hydrogen) atoms. The third kappa shape index (κ3) is 9.35. The summed E-state index contributed by atoms with van der Waals surface area (Å²) in [4.78, 5) is 16.0. The van der Waals surface area contributed by atoms with Gasteiger partial charge in [0.05, 0.1) is 34.9 Å². The number of nitrogens with zero attached hydrogens (tertiary/aromatic N) is 6. The summed E-state index contributed by atoms with van der Waals surface area (Å²) >= 11 is 1.73. The topological polar surface area (TPSA) is 104 Å². The van der Waals surface area contributed by atoms with Gasteiger partial charge in [0.15, 0.2) is 0 Å². The Labute approximate surface area is 290 Å². The van der Waals surface area contributed by atoms with Gasteiger partial charge < -0.3 is 9.64 Å². The average Bonchev–Trinajstić information content (AvgIpc) is 3.80. The minimum absolute atomic E-state index is 0.0676. The lowest BCUT2D eigenvalue weighted by molar-refractivity contribution is 0.254. The number of piperazine rings is 1. The van der Waals surface area contributed by atoms with Gasteiger partial charge in [0.25, 0.3) is 5.96 Å². The Balaban J connectivity index is 1.43. The fourth-order valence-corrected chi connectivity index (χ4v) is 8.29. The zero-order valence-corrected chi connectivity index (χ0v) is 30.8. The zero-order chi connectivity index (χ0) is 34.1. The molecule has 2 aromatic heterocycles. The highest BCUT2D eigenvalue weighted by Gasteiger charge is 2.26. The monoisotopic (exact) mass is 693 g/mol. The molecule has 2 aliphatic rings. The van der Waals surface area contributed by atoms with Gasteiger partial charge in [0.1, 0.15) is 11.5 Å². The molecule has 1 fully saturated rings. The van der Waals surface area contributed by atoms with Crippen LogP contribution in [0.1, 0.15) is 87.0 Å². The highest BCUT2D eigenvalue weighted by atomic mass is 32.2. The maximum atomic E-state index is 13.3. The van der Waals surface area contributed by atoms with E-state index < -0.39 is 10.0 Å². The van der Waals surface area contributed by atoms with Gasteiger partial charge in [-0.25, -0.2) is 23.1 Å². The minimum Gasteiger partial charge on any atom is -0.497 e. The second-order valence-corrected chi connectivity index (χ2v) is 15.6. The molecular formula is C36H51N7O3S2. The number of allylic oxidation sites excluding steroid dienone is 1. The van der Waals surface area contributed by atoms with Gasteiger partial charge in [-0.3, -0.25) is 9.62 Å². The van der Waals surface area contributed by atoms with Gasteiger partial charge in [-0.1, -0.05) is 52.4 Å². The molecule has 12 heteroatoms. The first-order valence-corrected chi connectivity index (χ1v) is 19.9. The zero-order valence-electron chi connectivity index (χ0n) is 29.2. The maximum Gasteiger partial charge on any atom is 0.252 e. The number of hydrogen-bond acceptors (Lipinski definition) is 9. The fraction of sp³-hybridized carbons (Fsp3) is 0.528. The van der Waals surface area contributed by atoms with Crippen LogP contribution >= 0.6 is 11.3 Å². The van der Waals surface area contributed by atoms with Crippen LogP contribution in [0.5, 0.6) is 5.75 Å². The number of thiophene rings is 1. The van der Waals surface area contributed by atoms with E-state index in [0.29, 0.717) is 40.8 Å². The average molecular weight is 694 g/mol. The smallest absolute Gasteiger partial charge is 0.252 e. The van der Waals surface area contributed by atoms with Gasteiger partial charge in [-0.2, -0.15) is 5.10 Å². The SMILES string of the molecule is CCCCCCCCS(=O)(=O)Nc1ccc(OC)cc1C1=NC(n2nc(C)cc2C)=NC1=Cc1ccc(N2CCN(CCCC)CC2)s1. The number of benzene rings is 1. The number of aryl methyl sites for hydroxylation is 2. The van der Waals surface area contributed by atoms with Gasteiger partial charge >= 0.3 is 0 Å². The molecule has 1 N–H and O–H groups in total. The maximum absolute atomic E-state index is 13.3. The number of unbranched alkanes of at least 4 members (excludes halogenated alkanes) is 6. The Morgan fingerprint density at radius 3 is 2.38 bits per heavy atom. The van der Waals surface area contributed by atoms with Gasteiger partial charge in [-0.15, -0.1) is 11.3 Å². The molecule has 0 bridgehead atoms.